The van der Waals surface area contributed by atoms with E-state index in [2.05, 4.69) is 15.7 Å². The minimum absolute atomic E-state index is 0.155. The molecule has 0 aromatic carbocycles. The normalized spacial score (nSPS) is 18.9. The maximum Gasteiger partial charge on any atom is 0.322 e. The molecule has 2 N–H and O–H groups in total. The van der Waals surface area contributed by atoms with Crippen LogP contribution in [0.4, 0.5) is 4.79 Å². The van der Waals surface area contributed by atoms with Crippen molar-refractivity contribution in [1.29, 1.82) is 0 Å². The second-order valence-corrected chi connectivity index (χ2v) is 4.64. The first-order chi connectivity index (χ1) is 9.56. The molecule has 0 radical (unpaired) electrons. The first kappa shape index (κ1) is 14.0. The number of carbonyl (C=O) groups excluding carboxylic acids is 3. The maximum absolute atomic E-state index is 12.2. The molecule has 1 fully saturated rings. The number of aromatic nitrogens is 2. The number of urea groups is 1. The molecular weight excluding hydrogens is 262 g/mol. The second kappa shape index (κ2) is 6.18. The monoisotopic (exact) mass is 279 g/mol. The molecule has 1 saturated heterocycles. The number of hydrogen-bond acceptors (Lipinski definition) is 4. The van der Waals surface area contributed by atoms with Crippen molar-refractivity contribution in [1.82, 2.24) is 25.3 Å². The lowest BCUT2D eigenvalue weighted by molar-refractivity contribution is -0.132. The molecule has 1 aromatic heterocycles. The molecule has 0 spiro atoms. The van der Waals surface area contributed by atoms with E-state index >= 15 is 0 Å². The van der Waals surface area contributed by atoms with Crippen LogP contribution in [0.15, 0.2) is 18.5 Å². The van der Waals surface area contributed by atoms with E-state index in [4.69, 9.17) is 0 Å². The van der Waals surface area contributed by atoms with Gasteiger partial charge in [-0.1, -0.05) is 0 Å². The number of likely N-dealkylation sites (N-methyl/N-ethyl adjacent to an activating group) is 1. The second-order valence-electron chi connectivity index (χ2n) is 4.64. The van der Waals surface area contributed by atoms with Gasteiger partial charge in [-0.15, -0.1) is 0 Å². The van der Waals surface area contributed by atoms with E-state index in [0.29, 0.717) is 19.5 Å². The number of imide groups is 1. The highest BCUT2D eigenvalue weighted by Crippen LogP contribution is 2.05. The molecule has 2 rings (SSSR count). The Hall–Kier alpha value is -2.38. The van der Waals surface area contributed by atoms with E-state index in [1.807, 2.05) is 12.3 Å². The van der Waals surface area contributed by atoms with E-state index in [-0.39, 0.29) is 18.2 Å². The van der Waals surface area contributed by atoms with Gasteiger partial charge in [0, 0.05) is 32.4 Å². The van der Waals surface area contributed by atoms with Crippen LogP contribution in [0.1, 0.15) is 12.8 Å². The summed E-state index contributed by atoms with van der Waals surface area (Å²) in [7, 11) is 1.66. The molecule has 1 aliphatic heterocycles. The molecule has 0 bridgehead atoms. The summed E-state index contributed by atoms with van der Waals surface area (Å²) < 4.78 is 1.72. The molecule has 8 nitrogen and oxygen atoms in total. The molecule has 1 aliphatic rings. The molecule has 1 aromatic rings. The predicted molar refractivity (Wildman–Crippen MR) is 69.6 cm³/mol. The van der Waals surface area contributed by atoms with Gasteiger partial charge >= 0.3 is 6.03 Å². The Labute approximate surface area is 116 Å². The van der Waals surface area contributed by atoms with Crippen LogP contribution in [-0.4, -0.2) is 52.2 Å². The number of nitrogens with one attached hydrogen (secondary N) is 2. The van der Waals surface area contributed by atoms with Crippen molar-refractivity contribution in [2.75, 3.05) is 13.6 Å². The Morgan fingerprint density at radius 1 is 1.55 bits per heavy atom. The van der Waals surface area contributed by atoms with Crippen molar-refractivity contribution in [2.24, 2.45) is 0 Å². The molecule has 0 unspecified atom stereocenters. The first-order valence-electron chi connectivity index (χ1n) is 6.39. The molecule has 0 saturated carbocycles. The van der Waals surface area contributed by atoms with Crippen LogP contribution in [0.25, 0.3) is 0 Å². The summed E-state index contributed by atoms with van der Waals surface area (Å²) >= 11 is 0. The predicted octanol–water partition coefficient (Wildman–Crippen LogP) is -0.670. The summed E-state index contributed by atoms with van der Waals surface area (Å²) in [4.78, 5) is 36.3. The van der Waals surface area contributed by atoms with Crippen LogP contribution in [-0.2, 0) is 16.1 Å². The van der Waals surface area contributed by atoms with Crippen molar-refractivity contribution in [3.8, 4) is 0 Å². The van der Waals surface area contributed by atoms with Crippen molar-refractivity contribution in [3.05, 3.63) is 18.5 Å². The van der Waals surface area contributed by atoms with Crippen LogP contribution in [0.3, 0.4) is 0 Å². The van der Waals surface area contributed by atoms with E-state index in [1.54, 1.807) is 17.9 Å². The van der Waals surface area contributed by atoms with Crippen LogP contribution in [0, 0.1) is 0 Å². The first-order valence-corrected chi connectivity index (χ1v) is 6.39. The van der Waals surface area contributed by atoms with Crippen molar-refractivity contribution >= 4 is 17.8 Å². The molecule has 20 heavy (non-hydrogen) atoms. The number of rotatable bonds is 4. The number of carbonyl (C=O) groups is 3. The molecule has 1 atom stereocenters. The Kier molecular flexibility index (Phi) is 4.34. The largest absolute Gasteiger partial charge is 0.342 e. The molecular formula is C12H17N5O3. The van der Waals surface area contributed by atoms with Gasteiger partial charge in [0.15, 0.2) is 0 Å². The fraction of sp³-hybridized carbons (Fsp3) is 0.500. The van der Waals surface area contributed by atoms with Crippen LogP contribution in [0.5, 0.6) is 0 Å². The van der Waals surface area contributed by atoms with Gasteiger partial charge in [-0.2, -0.15) is 5.10 Å². The SMILES string of the molecule is CN(CCn1cccn1)C(=O)[C@@H]1CCC(=O)NC(=O)N1. The minimum Gasteiger partial charge on any atom is -0.342 e. The van der Waals surface area contributed by atoms with Gasteiger partial charge in [-0.3, -0.25) is 19.6 Å². The lowest BCUT2D eigenvalue weighted by atomic mass is 10.1. The number of nitrogens with zero attached hydrogens (tertiary/aromatic N) is 3. The Bertz CT molecular complexity index is 499. The lowest BCUT2D eigenvalue weighted by Gasteiger charge is -2.22. The van der Waals surface area contributed by atoms with Crippen LogP contribution < -0.4 is 10.6 Å². The average Bonchev–Trinajstić information content (AvgIpc) is 2.87. The van der Waals surface area contributed by atoms with Crippen LogP contribution in [0.2, 0.25) is 0 Å². The van der Waals surface area contributed by atoms with Crippen molar-refractivity contribution in [3.63, 3.8) is 0 Å². The molecule has 8 heteroatoms. The Balaban J connectivity index is 1.88. The van der Waals surface area contributed by atoms with Gasteiger partial charge in [0.05, 0.1) is 6.54 Å². The fourth-order valence-corrected chi connectivity index (χ4v) is 1.98. The van der Waals surface area contributed by atoms with E-state index in [0.717, 1.165) is 0 Å². The Morgan fingerprint density at radius 3 is 3.05 bits per heavy atom. The van der Waals surface area contributed by atoms with Crippen molar-refractivity contribution in [2.45, 2.75) is 25.4 Å². The van der Waals surface area contributed by atoms with E-state index in [9.17, 15) is 14.4 Å². The lowest BCUT2D eigenvalue weighted by Crippen LogP contribution is -2.49. The van der Waals surface area contributed by atoms with Gasteiger partial charge in [0.25, 0.3) is 0 Å². The third-order valence-corrected chi connectivity index (χ3v) is 3.12. The zero-order chi connectivity index (χ0) is 14.5. The summed E-state index contributed by atoms with van der Waals surface area (Å²) in [6.45, 7) is 1.06. The number of hydrogen-bond donors (Lipinski definition) is 2. The fourth-order valence-electron chi connectivity index (χ4n) is 1.98. The molecule has 4 amide bonds. The van der Waals surface area contributed by atoms with Gasteiger partial charge in [-0.25, -0.2) is 4.79 Å². The molecule has 108 valence electrons. The van der Waals surface area contributed by atoms with Crippen molar-refractivity contribution < 1.29 is 14.4 Å². The standard InChI is InChI=1S/C12H17N5O3/c1-16(7-8-17-6-2-5-13-17)11(19)9-3-4-10(18)15-12(20)14-9/h2,5-6,9H,3-4,7-8H2,1H3,(H2,14,15,18,20)/t9-/m0/s1. The highest BCUT2D eigenvalue weighted by atomic mass is 16.2. The summed E-state index contributed by atoms with van der Waals surface area (Å²) in [5, 5.41) is 8.70. The average molecular weight is 279 g/mol. The van der Waals surface area contributed by atoms with Gasteiger partial charge in [0.1, 0.15) is 6.04 Å². The Morgan fingerprint density at radius 2 is 2.35 bits per heavy atom. The zero-order valence-electron chi connectivity index (χ0n) is 11.2. The zero-order valence-corrected chi connectivity index (χ0v) is 11.2. The summed E-state index contributed by atoms with van der Waals surface area (Å²) in [6.07, 6.45) is 3.95. The summed E-state index contributed by atoms with van der Waals surface area (Å²) in [5.74, 6) is -0.570. The topological polar surface area (TPSA) is 96.3 Å². The highest BCUT2D eigenvalue weighted by Gasteiger charge is 2.27. The van der Waals surface area contributed by atoms with Gasteiger partial charge in [0.2, 0.25) is 11.8 Å². The van der Waals surface area contributed by atoms with Gasteiger partial charge in [-0.05, 0) is 12.5 Å². The third kappa shape index (κ3) is 3.56. The van der Waals surface area contributed by atoms with Crippen LogP contribution >= 0.6 is 0 Å². The smallest absolute Gasteiger partial charge is 0.322 e. The maximum atomic E-state index is 12.2. The molecule has 2 heterocycles. The number of amides is 4. The van der Waals surface area contributed by atoms with E-state index < -0.39 is 12.1 Å². The summed E-state index contributed by atoms with van der Waals surface area (Å²) in [5.41, 5.74) is 0. The third-order valence-electron chi connectivity index (χ3n) is 3.12. The molecule has 0 aliphatic carbocycles. The summed E-state index contributed by atoms with van der Waals surface area (Å²) in [6, 6.07) is 0.528. The van der Waals surface area contributed by atoms with E-state index in [1.165, 1.54) is 4.90 Å². The van der Waals surface area contributed by atoms with Gasteiger partial charge < -0.3 is 10.2 Å². The quantitative estimate of drug-likeness (QED) is 0.764. The highest BCUT2D eigenvalue weighted by molar-refractivity contribution is 5.98. The minimum atomic E-state index is -0.663.